The van der Waals surface area contributed by atoms with Crippen molar-refractivity contribution >= 4 is 16.8 Å². The Morgan fingerprint density at radius 1 is 0.864 bits per heavy atom. The van der Waals surface area contributed by atoms with Gasteiger partial charge in [-0.2, -0.15) is 5.26 Å². The minimum atomic E-state index is -2.57. The molecule has 4 aromatic rings. The smallest absolute Gasteiger partial charge is 0.349 e. The summed E-state index contributed by atoms with van der Waals surface area (Å²) in [5.41, 5.74) is 0.949. The highest BCUT2D eigenvalue weighted by Gasteiger charge is 2.54. The maximum absolute atomic E-state index is 13.6. The predicted molar refractivity (Wildman–Crippen MR) is 233 cm³/mol. The Labute approximate surface area is 352 Å². The number of methoxy groups -OCH3 is 2. The molecule has 14 heteroatoms. The largest absolute Gasteiger partial charge is 0.497 e. The second-order valence-corrected chi connectivity index (χ2v) is 22.8. The molecule has 2 heterocycles. The van der Waals surface area contributed by atoms with Crippen LogP contribution in [0, 0.1) is 11.3 Å². The predicted octanol–water partition coefficient (Wildman–Crippen LogP) is 9.22. The molecule has 0 N–H and O–H groups in total. The Balaban J connectivity index is 1.72. The van der Waals surface area contributed by atoms with Crippen LogP contribution in [-0.4, -0.2) is 80.4 Å². The summed E-state index contributed by atoms with van der Waals surface area (Å²) in [6, 6.07) is 29.7. The normalized spacial score (nSPS) is 19.3. The van der Waals surface area contributed by atoms with E-state index in [1.54, 1.807) is 26.5 Å². The van der Waals surface area contributed by atoms with E-state index in [2.05, 4.69) is 77.3 Å². The fourth-order valence-corrected chi connectivity index (χ4v) is 10.1. The summed E-state index contributed by atoms with van der Waals surface area (Å²) in [7, 11) is -1.07. The van der Waals surface area contributed by atoms with Gasteiger partial charge in [-0.25, -0.2) is 14.4 Å². The van der Waals surface area contributed by atoms with Crippen LogP contribution in [-0.2, 0) is 28.5 Å². The molecule has 0 aliphatic carbocycles. The number of rotatable bonds is 19. The summed E-state index contributed by atoms with van der Waals surface area (Å²) in [5, 5.41) is 9.30. The van der Waals surface area contributed by atoms with Gasteiger partial charge < -0.3 is 32.4 Å². The Morgan fingerprint density at radius 3 is 1.92 bits per heavy atom. The molecule has 5 unspecified atom stereocenters. The van der Waals surface area contributed by atoms with Gasteiger partial charge in [0.15, 0.2) is 14.5 Å². The molecule has 12 nitrogen and oxygen atoms in total. The fraction of sp³-hybridized carbons (Fsp3) is 0.489. The average molecular weight is 845 g/mol. The van der Waals surface area contributed by atoms with Gasteiger partial charge >= 0.3 is 5.69 Å². The van der Waals surface area contributed by atoms with Gasteiger partial charge in [-0.1, -0.05) is 75.4 Å². The van der Waals surface area contributed by atoms with E-state index in [0.29, 0.717) is 11.5 Å². The minimum absolute atomic E-state index is 0.00518. The van der Waals surface area contributed by atoms with Gasteiger partial charge in [0.1, 0.15) is 35.4 Å². The number of benzene rings is 3. The zero-order valence-electron chi connectivity index (χ0n) is 36.3. The first kappa shape index (κ1) is 46.1. The number of nitrogens with zero attached hydrogens (tertiary/aromatic N) is 4. The van der Waals surface area contributed by atoms with Crippen LogP contribution in [0.3, 0.4) is 0 Å². The van der Waals surface area contributed by atoms with Crippen molar-refractivity contribution in [2.45, 2.75) is 115 Å². The second-order valence-electron chi connectivity index (χ2n) is 16.6. The molecule has 0 amide bonds. The van der Waals surface area contributed by atoms with Gasteiger partial charge in [0.25, 0.3) is 8.53 Å². The third-order valence-corrected chi connectivity index (χ3v) is 17.6. The highest BCUT2D eigenvalue weighted by atomic mass is 31.2. The van der Waals surface area contributed by atoms with Gasteiger partial charge in [0, 0.05) is 24.5 Å². The molecule has 59 heavy (non-hydrogen) atoms. The molecule has 1 saturated heterocycles. The summed E-state index contributed by atoms with van der Waals surface area (Å²) in [6.07, 6.45) is 0.0640. The summed E-state index contributed by atoms with van der Waals surface area (Å²) < 4.78 is 50.3. The number of aromatic nitrogens is 2. The summed E-state index contributed by atoms with van der Waals surface area (Å²) in [4.78, 5) is 17.7. The monoisotopic (exact) mass is 844 g/mol. The van der Waals surface area contributed by atoms with Crippen LogP contribution in [0.15, 0.2) is 102 Å². The number of nitriles is 1. The average Bonchev–Trinajstić information content (AvgIpc) is 3.53. The molecule has 0 spiro atoms. The van der Waals surface area contributed by atoms with E-state index in [-0.39, 0.29) is 36.8 Å². The molecule has 5 rings (SSSR count). The maximum Gasteiger partial charge on any atom is 0.349 e. The van der Waals surface area contributed by atoms with Crippen LogP contribution in [0.2, 0.25) is 18.1 Å². The van der Waals surface area contributed by atoms with E-state index in [0.717, 1.165) is 16.7 Å². The molecule has 3 aromatic carbocycles. The highest BCUT2D eigenvalue weighted by molar-refractivity contribution is 7.44. The van der Waals surface area contributed by atoms with Crippen LogP contribution in [0.5, 0.6) is 11.5 Å². The van der Waals surface area contributed by atoms with E-state index in [1.807, 2.05) is 78.9 Å². The van der Waals surface area contributed by atoms with Crippen molar-refractivity contribution in [2.75, 3.05) is 27.4 Å². The van der Waals surface area contributed by atoms with Crippen LogP contribution in [0.25, 0.3) is 0 Å². The lowest BCUT2D eigenvalue weighted by Gasteiger charge is -2.42. The summed E-state index contributed by atoms with van der Waals surface area (Å²) in [6.45, 7) is 19.4. The van der Waals surface area contributed by atoms with E-state index in [1.165, 1.54) is 10.8 Å². The van der Waals surface area contributed by atoms with Crippen molar-refractivity contribution < 1.29 is 32.4 Å². The SMILES string of the molecule is COc1ccc(C(OCC2OC(n3cccnc3=O)C(O[Si](C)(C)C(C)(C)C)C2OP(OCCC#N)N(C(C)C)C(C)C)(c2ccccc2)c2ccc(OC)cc2)cc1. The van der Waals surface area contributed by atoms with Crippen LogP contribution in [0.4, 0.5) is 0 Å². The van der Waals surface area contributed by atoms with Gasteiger partial charge in [0.05, 0.1) is 39.9 Å². The van der Waals surface area contributed by atoms with E-state index in [4.69, 9.17) is 32.4 Å². The lowest BCUT2D eigenvalue weighted by molar-refractivity contribution is -0.0943. The molecule has 1 fully saturated rings. The molecule has 1 aliphatic rings. The van der Waals surface area contributed by atoms with Crippen molar-refractivity contribution in [1.29, 1.82) is 5.26 Å². The Bertz CT molecular complexity index is 1960. The molecular weight excluding hydrogens is 784 g/mol. The number of hydrogen-bond donors (Lipinski definition) is 0. The molecular formula is C45H61N4O8PSi. The minimum Gasteiger partial charge on any atom is -0.497 e. The fourth-order valence-electron chi connectivity index (χ4n) is 7.08. The van der Waals surface area contributed by atoms with Crippen molar-refractivity contribution in [1.82, 2.24) is 14.2 Å². The standard InChI is InChI=1S/C45H61N4O8PSi/c1-32(2)49(33(3)4)58(54-30-15-27-46)56-40-39(55-42(48-29-16-28-47-43(48)50)41(40)57-59(10,11)44(5,6)7)31-53-45(34-17-13-12-14-18-34,35-19-23-37(51-8)24-20-35)36-21-25-38(52-9)26-22-36/h12-14,16-26,28-29,32-33,39-42H,15,30-31H2,1-11H3. The van der Waals surface area contributed by atoms with Gasteiger partial charge in [0.2, 0.25) is 0 Å². The Kier molecular flexibility index (Phi) is 15.7. The quantitative estimate of drug-likeness (QED) is 0.0388. The van der Waals surface area contributed by atoms with Crippen molar-refractivity contribution in [2.24, 2.45) is 0 Å². The first-order valence-corrected chi connectivity index (χ1v) is 24.2. The van der Waals surface area contributed by atoms with Crippen LogP contribution >= 0.6 is 8.53 Å². The van der Waals surface area contributed by atoms with Crippen LogP contribution in [0.1, 0.15) is 77.8 Å². The third-order valence-electron chi connectivity index (χ3n) is 11.0. The summed E-state index contributed by atoms with van der Waals surface area (Å²) >= 11 is 0. The number of hydrogen-bond acceptors (Lipinski definition) is 11. The summed E-state index contributed by atoms with van der Waals surface area (Å²) in [5.74, 6) is 1.41. The lowest BCUT2D eigenvalue weighted by Crippen LogP contribution is -2.50. The van der Waals surface area contributed by atoms with Crippen LogP contribution < -0.4 is 15.2 Å². The van der Waals surface area contributed by atoms with Gasteiger partial charge in [-0.3, -0.25) is 4.57 Å². The second kappa shape index (κ2) is 20.1. The molecule has 0 bridgehead atoms. The molecule has 0 saturated carbocycles. The molecule has 1 aliphatic heterocycles. The molecule has 0 radical (unpaired) electrons. The van der Waals surface area contributed by atoms with Crippen molar-refractivity contribution in [3.05, 3.63) is 124 Å². The zero-order valence-corrected chi connectivity index (χ0v) is 38.2. The van der Waals surface area contributed by atoms with Crippen molar-refractivity contribution in [3.8, 4) is 17.6 Å². The van der Waals surface area contributed by atoms with Gasteiger partial charge in [-0.15, -0.1) is 0 Å². The lowest BCUT2D eigenvalue weighted by atomic mass is 9.80. The number of ether oxygens (including phenoxy) is 4. The first-order valence-electron chi connectivity index (χ1n) is 20.2. The van der Waals surface area contributed by atoms with Crippen molar-refractivity contribution in [3.63, 3.8) is 0 Å². The zero-order chi connectivity index (χ0) is 43.0. The maximum atomic E-state index is 13.6. The molecule has 318 valence electrons. The van der Waals surface area contributed by atoms with Gasteiger partial charge in [-0.05, 0) is 92.8 Å². The molecule has 1 aromatic heterocycles. The first-order chi connectivity index (χ1) is 28.1. The third kappa shape index (κ3) is 10.5. The highest BCUT2D eigenvalue weighted by Crippen LogP contribution is 2.52. The molecule has 5 atom stereocenters. The van der Waals surface area contributed by atoms with E-state index in [9.17, 15) is 10.1 Å². The Hall–Kier alpha value is -3.96. The Morgan fingerprint density at radius 2 is 1.42 bits per heavy atom. The van der Waals surface area contributed by atoms with E-state index < -0.39 is 52.7 Å². The van der Waals surface area contributed by atoms with E-state index >= 15 is 0 Å². The topological polar surface area (TPSA) is 127 Å².